The van der Waals surface area contributed by atoms with Crippen LogP contribution >= 0.6 is 0 Å². The zero-order valence-corrected chi connectivity index (χ0v) is 12.9. The minimum absolute atomic E-state index is 0.408. The van der Waals surface area contributed by atoms with Crippen LogP contribution in [-0.2, 0) is 11.2 Å². The normalized spacial score (nSPS) is 36.5. The number of aryl methyl sites for hydroxylation is 1. The molecule has 1 aromatic rings. The summed E-state index contributed by atoms with van der Waals surface area (Å²) in [6, 6.07) is 10.8. The van der Waals surface area contributed by atoms with Crippen molar-refractivity contribution in [3.63, 3.8) is 0 Å². The van der Waals surface area contributed by atoms with Crippen molar-refractivity contribution < 1.29 is 4.74 Å². The van der Waals surface area contributed by atoms with Crippen LogP contribution < -0.4 is 0 Å². The second-order valence-electron chi connectivity index (χ2n) is 6.71. The van der Waals surface area contributed by atoms with Gasteiger partial charge in [-0.1, -0.05) is 55.8 Å². The Labute approximate surface area is 123 Å². The molecule has 0 spiro atoms. The van der Waals surface area contributed by atoms with E-state index in [9.17, 15) is 0 Å². The van der Waals surface area contributed by atoms with E-state index in [4.69, 9.17) is 4.74 Å². The van der Waals surface area contributed by atoms with Gasteiger partial charge >= 0.3 is 0 Å². The topological polar surface area (TPSA) is 9.23 Å². The van der Waals surface area contributed by atoms with Crippen LogP contribution in [0.25, 0.3) is 0 Å². The fraction of sp³-hybridized carbons (Fsp3) is 0.579. The van der Waals surface area contributed by atoms with Crippen LogP contribution in [0.2, 0.25) is 0 Å². The molecule has 1 saturated heterocycles. The Morgan fingerprint density at radius 3 is 2.65 bits per heavy atom. The lowest BCUT2D eigenvalue weighted by molar-refractivity contribution is -0.0935. The molecule has 1 nitrogen and oxygen atoms in total. The maximum Gasteiger partial charge on any atom is 0.0646 e. The molecule has 2 bridgehead atoms. The van der Waals surface area contributed by atoms with E-state index in [1.807, 2.05) is 0 Å². The first-order valence-corrected chi connectivity index (χ1v) is 8.00. The Kier molecular flexibility index (Phi) is 3.98. The van der Waals surface area contributed by atoms with Gasteiger partial charge in [-0.2, -0.15) is 0 Å². The Balaban J connectivity index is 1.70. The van der Waals surface area contributed by atoms with E-state index >= 15 is 0 Å². The van der Waals surface area contributed by atoms with Crippen molar-refractivity contribution in [2.45, 2.75) is 39.7 Å². The number of rotatable bonds is 3. The van der Waals surface area contributed by atoms with Gasteiger partial charge in [-0.05, 0) is 43.1 Å². The van der Waals surface area contributed by atoms with Crippen LogP contribution in [0.3, 0.4) is 0 Å². The van der Waals surface area contributed by atoms with Gasteiger partial charge in [0.2, 0.25) is 0 Å². The second kappa shape index (κ2) is 5.73. The van der Waals surface area contributed by atoms with E-state index in [0.29, 0.717) is 17.9 Å². The minimum atomic E-state index is 0.408. The number of fused-ring (bicyclic) bond motifs is 2. The van der Waals surface area contributed by atoms with Crippen LogP contribution in [0.4, 0.5) is 0 Å². The Bertz CT molecular complexity index is 476. The summed E-state index contributed by atoms with van der Waals surface area (Å²) in [5.41, 5.74) is 2.98. The highest BCUT2D eigenvalue weighted by molar-refractivity contribution is 5.18. The van der Waals surface area contributed by atoms with Crippen molar-refractivity contribution in [3.8, 4) is 0 Å². The Morgan fingerprint density at radius 2 is 1.90 bits per heavy atom. The average molecular weight is 270 g/mol. The van der Waals surface area contributed by atoms with Crippen LogP contribution in [0.15, 0.2) is 42.0 Å². The molecule has 0 saturated carbocycles. The van der Waals surface area contributed by atoms with Gasteiger partial charge in [-0.15, -0.1) is 0 Å². The summed E-state index contributed by atoms with van der Waals surface area (Å²) in [4.78, 5) is 0. The molecule has 1 heteroatoms. The monoisotopic (exact) mass is 270 g/mol. The smallest absolute Gasteiger partial charge is 0.0646 e. The van der Waals surface area contributed by atoms with Crippen LogP contribution in [0.1, 0.15) is 32.8 Å². The summed E-state index contributed by atoms with van der Waals surface area (Å²) in [6.07, 6.45) is 5.17. The highest BCUT2D eigenvalue weighted by atomic mass is 16.5. The van der Waals surface area contributed by atoms with Crippen molar-refractivity contribution in [3.05, 3.63) is 47.5 Å². The first-order chi connectivity index (χ1) is 9.66. The van der Waals surface area contributed by atoms with Gasteiger partial charge in [-0.25, -0.2) is 0 Å². The summed E-state index contributed by atoms with van der Waals surface area (Å²) in [7, 11) is 0. The fourth-order valence-electron chi connectivity index (χ4n) is 4.30. The third-order valence-electron chi connectivity index (χ3n) is 5.43. The van der Waals surface area contributed by atoms with Crippen LogP contribution in [-0.4, -0.2) is 12.7 Å². The number of hydrogen-bond donors (Lipinski definition) is 0. The maximum atomic E-state index is 6.24. The van der Waals surface area contributed by atoms with Crippen LogP contribution in [0.5, 0.6) is 0 Å². The number of ether oxygens (including phenoxy) is 1. The fourth-order valence-corrected chi connectivity index (χ4v) is 4.30. The molecule has 0 amide bonds. The summed E-state index contributed by atoms with van der Waals surface area (Å²) < 4.78 is 6.24. The molecule has 1 aliphatic carbocycles. The maximum absolute atomic E-state index is 6.24. The largest absolute Gasteiger partial charge is 0.377 e. The summed E-state index contributed by atoms with van der Waals surface area (Å²) in [5.74, 6) is 2.80. The van der Waals surface area contributed by atoms with Gasteiger partial charge in [0, 0.05) is 5.92 Å². The van der Waals surface area contributed by atoms with E-state index in [0.717, 1.165) is 31.3 Å². The quantitative estimate of drug-likeness (QED) is 0.736. The molecular formula is C19H26O. The third-order valence-corrected chi connectivity index (χ3v) is 5.43. The molecule has 1 fully saturated rings. The Hall–Kier alpha value is -1.08. The van der Waals surface area contributed by atoms with Crippen LogP contribution in [0, 0.1) is 23.7 Å². The van der Waals surface area contributed by atoms with E-state index in [-0.39, 0.29) is 0 Å². The molecule has 108 valence electrons. The lowest BCUT2D eigenvalue weighted by Gasteiger charge is -2.47. The van der Waals surface area contributed by atoms with Crippen molar-refractivity contribution in [2.24, 2.45) is 23.7 Å². The first kappa shape index (κ1) is 13.9. The lowest BCUT2D eigenvalue weighted by atomic mass is 9.65. The van der Waals surface area contributed by atoms with Gasteiger partial charge in [-0.3, -0.25) is 0 Å². The molecule has 0 aromatic heterocycles. The molecule has 0 N–H and O–H groups in total. The van der Waals surface area contributed by atoms with Crippen molar-refractivity contribution in [1.29, 1.82) is 0 Å². The SMILES string of the molecule is CC1=CC(C)[C@H]2COC(CCc3ccccc3)[C@@H]1C2C. The standard InChI is InChI=1S/C19H26O/c1-13-11-14(2)19-15(3)17(13)12-20-18(19)10-9-16-7-5-4-6-8-16/h4-8,11,13,15,17-19H,9-10,12H2,1-3H3/t13?,15?,17-,18?,19+/m1/s1. The highest BCUT2D eigenvalue weighted by Crippen LogP contribution is 2.45. The molecule has 0 radical (unpaired) electrons. The zero-order chi connectivity index (χ0) is 14.1. The van der Waals surface area contributed by atoms with Gasteiger partial charge in [0.25, 0.3) is 0 Å². The number of benzene rings is 1. The molecule has 2 aliphatic rings. The second-order valence-corrected chi connectivity index (χ2v) is 6.71. The summed E-state index contributed by atoms with van der Waals surface area (Å²) in [5, 5.41) is 0. The summed E-state index contributed by atoms with van der Waals surface area (Å²) >= 11 is 0. The molecule has 1 heterocycles. The van der Waals surface area contributed by atoms with Gasteiger partial charge in [0.1, 0.15) is 0 Å². The first-order valence-electron chi connectivity index (χ1n) is 8.00. The predicted octanol–water partition coefficient (Wildman–Crippen LogP) is 4.48. The third kappa shape index (κ3) is 2.56. The van der Waals surface area contributed by atoms with Gasteiger partial charge < -0.3 is 4.74 Å². The number of allylic oxidation sites excluding steroid dienone is 1. The molecular weight excluding hydrogens is 244 g/mol. The van der Waals surface area contributed by atoms with E-state index in [1.165, 1.54) is 5.56 Å². The zero-order valence-electron chi connectivity index (χ0n) is 12.9. The molecule has 5 atom stereocenters. The van der Waals surface area contributed by atoms with E-state index in [1.54, 1.807) is 5.57 Å². The predicted molar refractivity (Wildman–Crippen MR) is 83.6 cm³/mol. The molecule has 1 aliphatic heterocycles. The molecule has 20 heavy (non-hydrogen) atoms. The minimum Gasteiger partial charge on any atom is -0.377 e. The van der Waals surface area contributed by atoms with E-state index in [2.05, 4.69) is 57.2 Å². The van der Waals surface area contributed by atoms with Crippen molar-refractivity contribution in [2.75, 3.05) is 6.61 Å². The summed E-state index contributed by atoms with van der Waals surface area (Å²) in [6.45, 7) is 8.02. The lowest BCUT2D eigenvalue weighted by Crippen LogP contribution is -2.46. The van der Waals surface area contributed by atoms with Gasteiger partial charge in [0.05, 0.1) is 12.7 Å². The van der Waals surface area contributed by atoms with Crippen molar-refractivity contribution >= 4 is 0 Å². The van der Waals surface area contributed by atoms with Crippen molar-refractivity contribution in [1.82, 2.24) is 0 Å². The molecule has 3 rings (SSSR count). The van der Waals surface area contributed by atoms with E-state index < -0.39 is 0 Å². The highest BCUT2D eigenvalue weighted by Gasteiger charge is 2.42. The number of hydrogen-bond acceptors (Lipinski definition) is 1. The molecule has 1 aromatic carbocycles. The Morgan fingerprint density at radius 1 is 1.15 bits per heavy atom. The molecule has 3 unspecified atom stereocenters. The van der Waals surface area contributed by atoms with Gasteiger partial charge in [0.15, 0.2) is 0 Å². The average Bonchev–Trinajstić information content (AvgIpc) is 2.44.